The van der Waals surface area contributed by atoms with Crippen molar-refractivity contribution < 1.29 is 14.3 Å². The monoisotopic (exact) mass is 324 g/mol. The van der Waals surface area contributed by atoms with Gasteiger partial charge in [0.25, 0.3) is 5.91 Å². The quantitative estimate of drug-likeness (QED) is 0.936. The molecule has 0 aliphatic carbocycles. The summed E-state index contributed by atoms with van der Waals surface area (Å²) >= 11 is 0. The van der Waals surface area contributed by atoms with Crippen LogP contribution in [0.15, 0.2) is 48.5 Å². The summed E-state index contributed by atoms with van der Waals surface area (Å²) in [4.78, 5) is 14.7. The highest BCUT2D eigenvalue weighted by molar-refractivity contribution is 5.98. The molecule has 1 saturated heterocycles. The second kappa shape index (κ2) is 5.92. The molecule has 0 spiro atoms. The highest BCUT2D eigenvalue weighted by atomic mass is 16.5. The van der Waals surface area contributed by atoms with Gasteiger partial charge in [-0.15, -0.1) is 0 Å². The summed E-state index contributed by atoms with van der Waals surface area (Å²) in [5.41, 5.74) is 2.56. The molecular weight excluding hydrogens is 304 g/mol. The van der Waals surface area contributed by atoms with Gasteiger partial charge in [-0.1, -0.05) is 30.3 Å². The maximum atomic E-state index is 12.8. The largest absolute Gasteiger partial charge is 0.497 e. The van der Waals surface area contributed by atoms with E-state index in [1.54, 1.807) is 7.11 Å². The smallest absolute Gasteiger partial charge is 0.254 e. The molecule has 2 aliphatic rings. The van der Waals surface area contributed by atoms with Gasteiger partial charge in [0.05, 0.1) is 26.0 Å². The second-order valence-electron chi connectivity index (χ2n) is 6.30. The van der Waals surface area contributed by atoms with Crippen LogP contribution in [0, 0.1) is 0 Å². The summed E-state index contributed by atoms with van der Waals surface area (Å²) in [6, 6.07) is 15.8. The van der Waals surface area contributed by atoms with Crippen molar-refractivity contribution in [3.05, 3.63) is 65.2 Å². The van der Waals surface area contributed by atoms with E-state index in [-0.39, 0.29) is 11.4 Å². The number of nitrogens with zero attached hydrogens (tertiary/aromatic N) is 1. The van der Waals surface area contributed by atoms with Gasteiger partial charge in [0.15, 0.2) is 0 Å². The Labute approximate surface area is 141 Å². The van der Waals surface area contributed by atoms with E-state index in [0.29, 0.717) is 26.4 Å². The SMILES string of the molecule is COc1ccc2c(c1)CN(C[C@]1(c3ccccc3)COCN1)C2=O. The van der Waals surface area contributed by atoms with Crippen LogP contribution in [0.25, 0.3) is 0 Å². The lowest BCUT2D eigenvalue weighted by molar-refractivity contribution is 0.0715. The van der Waals surface area contributed by atoms with Crippen LogP contribution in [0.1, 0.15) is 21.5 Å². The first kappa shape index (κ1) is 15.2. The Balaban J connectivity index is 1.62. The Morgan fingerprint density at radius 2 is 2.08 bits per heavy atom. The van der Waals surface area contributed by atoms with E-state index in [1.807, 2.05) is 41.3 Å². The van der Waals surface area contributed by atoms with Gasteiger partial charge in [0.2, 0.25) is 0 Å². The highest BCUT2D eigenvalue weighted by Gasteiger charge is 2.41. The van der Waals surface area contributed by atoms with Crippen molar-refractivity contribution in [2.75, 3.05) is 27.0 Å². The van der Waals surface area contributed by atoms with Crippen LogP contribution in [0.2, 0.25) is 0 Å². The zero-order valence-electron chi connectivity index (χ0n) is 13.6. The van der Waals surface area contributed by atoms with Crippen LogP contribution in [0.4, 0.5) is 0 Å². The Hall–Kier alpha value is -2.37. The molecular formula is C19H20N2O3. The number of hydrogen-bond donors (Lipinski definition) is 1. The summed E-state index contributed by atoms with van der Waals surface area (Å²) in [7, 11) is 1.64. The third-order valence-electron chi connectivity index (χ3n) is 4.84. The third kappa shape index (κ3) is 2.46. The average Bonchev–Trinajstić information content (AvgIpc) is 3.22. The Morgan fingerprint density at radius 1 is 1.25 bits per heavy atom. The van der Waals surface area contributed by atoms with Crippen molar-refractivity contribution in [3.63, 3.8) is 0 Å². The number of benzene rings is 2. The standard InChI is InChI=1S/C19H20N2O3/c1-23-16-7-8-17-14(9-16)10-21(18(17)22)11-19(12-24-13-20-19)15-5-3-2-4-6-15/h2-9,20H,10-13H2,1H3/t19-/m1/s1. The van der Waals surface area contributed by atoms with E-state index >= 15 is 0 Å². The fourth-order valence-electron chi connectivity index (χ4n) is 3.54. The van der Waals surface area contributed by atoms with Gasteiger partial charge in [0.1, 0.15) is 5.75 Å². The highest BCUT2D eigenvalue weighted by Crippen LogP contribution is 2.32. The molecule has 4 rings (SSSR count). The fraction of sp³-hybridized carbons (Fsp3) is 0.316. The van der Waals surface area contributed by atoms with Gasteiger partial charge < -0.3 is 14.4 Å². The number of amides is 1. The molecule has 0 aromatic heterocycles. The maximum Gasteiger partial charge on any atom is 0.254 e. The third-order valence-corrected chi connectivity index (χ3v) is 4.84. The van der Waals surface area contributed by atoms with Gasteiger partial charge in [-0.3, -0.25) is 10.1 Å². The lowest BCUT2D eigenvalue weighted by atomic mass is 9.90. The molecule has 1 atom stereocenters. The van der Waals surface area contributed by atoms with Crippen molar-refractivity contribution in [2.45, 2.75) is 12.1 Å². The van der Waals surface area contributed by atoms with E-state index in [0.717, 1.165) is 22.4 Å². The number of carbonyl (C=O) groups excluding carboxylic acids is 1. The van der Waals surface area contributed by atoms with Crippen LogP contribution in [0.5, 0.6) is 5.75 Å². The van der Waals surface area contributed by atoms with Crippen molar-refractivity contribution in [1.29, 1.82) is 0 Å². The zero-order chi connectivity index (χ0) is 16.6. The summed E-state index contributed by atoms with van der Waals surface area (Å²) in [5.74, 6) is 0.847. The van der Waals surface area contributed by atoms with Crippen LogP contribution in [-0.4, -0.2) is 37.8 Å². The molecule has 2 heterocycles. The van der Waals surface area contributed by atoms with E-state index < -0.39 is 0 Å². The molecule has 5 heteroatoms. The first-order chi connectivity index (χ1) is 11.7. The van der Waals surface area contributed by atoms with Crippen molar-refractivity contribution in [3.8, 4) is 5.75 Å². The summed E-state index contributed by atoms with van der Waals surface area (Å²) in [6.07, 6.45) is 0. The topological polar surface area (TPSA) is 50.8 Å². The number of ether oxygens (including phenoxy) is 2. The Kier molecular flexibility index (Phi) is 3.75. The van der Waals surface area contributed by atoms with Crippen LogP contribution in [-0.2, 0) is 16.8 Å². The molecule has 1 amide bonds. The number of nitrogens with one attached hydrogen (secondary N) is 1. The molecule has 124 valence electrons. The lowest BCUT2D eigenvalue weighted by Gasteiger charge is -2.33. The van der Waals surface area contributed by atoms with E-state index in [1.165, 1.54) is 0 Å². The molecule has 5 nitrogen and oxygen atoms in total. The molecule has 0 radical (unpaired) electrons. The predicted molar refractivity (Wildman–Crippen MR) is 89.8 cm³/mol. The molecule has 0 saturated carbocycles. The molecule has 2 aliphatic heterocycles. The normalized spacial score (nSPS) is 22.7. The van der Waals surface area contributed by atoms with Crippen molar-refractivity contribution >= 4 is 5.91 Å². The summed E-state index contributed by atoms with van der Waals surface area (Å²) in [6.45, 7) is 2.23. The molecule has 1 fully saturated rings. The Morgan fingerprint density at radius 3 is 2.79 bits per heavy atom. The van der Waals surface area contributed by atoms with E-state index in [2.05, 4.69) is 17.4 Å². The van der Waals surface area contributed by atoms with Crippen LogP contribution >= 0.6 is 0 Å². The number of rotatable bonds is 4. The summed E-state index contributed by atoms with van der Waals surface area (Å²) in [5, 5.41) is 3.44. The lowest BCUT2D eigenvalue weighted by Crippen LogP contribution is -2.49. The zero-order valence-corrected chi connectivity index (χ0v) is 13.6. The number of fused-ring (bicyclic) bond motifs is 1. The second-order valence-corrected chi connectivity index (χ2v) is 6.30. The minimum Gasteiger partial charge on any atom is -0.497 e. The molecule has 0 unspecified atom stereocenters. The Bertz CT molecular complexity index is 754. The minimum atomic E-state index is -0.358. The molecule has 2 aromatic rings. The van der Waals surface area contributed by atoms with Gasteiger partial charge in [-0.2, -0.15) is 0 Å². The molecule has 1 N–H and O–H groups in total. The average molecular weight is 324 g/mol. The molecule has 24 heavy (non-hydrogen) atoms. The van der Waals surface area contributed by atoms with Gasteiger partial charge in [0, 0.05) is 18.7 Å². The predicted octanol–water partition coefficient (Wildman–Crippen LogP) is 2.12. The van der Waals surface area contributed by atoms with Crippen LogP contribution < -0.4 is 10.1 Å². The number of carbonyl (C=O) groups is 1. The first-order valence-corrected chi connectivity index (χ1v) is 8.06. The molecule has 0 bridgehead atoms. The number of hydrogen-bond acceptors (Lipinski definition) is 4. The van der Waals surface area contributed by atoms with Crippen LogP contribution in [0.3, 0.4) is 0 Å². The summed E-state index contributed by atoms with van der Waals surface area (Å²) < 4.78 is 10.9. The molecule has 2 aromatic carbocycles. The van der Waals surface area contributed by atoms with Gasteiger partial charge in [-0.05, 0) is 29.3 Å². The van der Waals surface area contributed by atoms with Gasteiger partial charge in [-0.25, -0.2) is 0 Å². The maximum absolute atomic E-state index is 12.8. The van der Waals surface area contributed by atoms with Crippen molar-refractivity contribution in [2.24, 2.45) is 0 Å². The minimum absolute atomic E-state index is 0.0664. The number of methoxy groups -OCH3 is 1. The van der Waals surface area contributed by atoms with Gasteiger partial charge >= 0.3 is 0 Å². The van der Waals surface area contributed by atoms with E-state index in [9.17, 15) is 4.79 Å². The van der Waals surface area contributed by atoms with Crippen molar-refractivity contribution in [1.82, 2.24) is 10.2 Å². The fourth-order valence-corrected chi connectivity index (χ4v) is 3.54. The first-order valence-electron chi connectivity index (χ1n) is 8.06. The van der Waals surface area contributed by atoms with E-state index in [4.69, 9.17) is 9.47 Å².